The number of likely N-dealkylation sites (tertiary alicyclic amines) is 1. The number of carbonyl (C=O) groups excluding carboxylic acids is 1. The molecule has 1 saturated heterocycles. The summed E-state index contributed by atoms with van der Waals surface area (Å²) in [5, 5.41) is 16.4. The predicted octanol–water partition coefficient (Wildman–Crippen LogP) is 0.797. The van der Waals surface area contributed by atoms with Gasteiger partial charge in [0.2, 0.25) is 5.88 Å². The maximum Gasteiger partial charge on any atom is 0.255 e. The molecule has 4 rings (SSSR count). The van der Waals surface area contributed by atoms with Gasteiger partial charge in [-0.3, -0.25) is 4.79 Å². The topological polar surface area (TPSA) is 104 Å². The molecule has 0 aliphatic carbocycles. The number of carbonyl (C=O) groups is 1. The first-order valence-electron chi connectivity index (χ1n) is 8.75. The van der Waals surface area contributed by atoms with E-state index in [4.69, 9.17) is 4.74 Å². The second-order valence-corrected chi connectivity index (χ2v) is 6.67. The van der Waals surface area contributed by atoms with Crippen molar-refractivity contribution in [2.45, 2.75) is 32.5 Å². The molecule has 0 spiro atoms. The Morgan fingerprint density at radius 2 is 2.04 bits per heavy atom. The lowest BCUT2D eigenvalue weighted by Crippen LogP contribution is -2.50. The molecule has 0 aromatic carbocycles. The molecule has 0 radical (unpaired) electrons. The summed E-state index contributed by atoms with van der Waals surface area (Å²) in [7, 11) is 0. The summed E-state index contributed by atoms with van der Waals surface area (Å²) in [6.07, 6.45) is 6.71. The molecule has 3 aromatic heterocycles. The maximum atomic E-state index is 12.5. The fraction of sp³-hybridized carbons (Fsp3) is 0.412. The van der Waals surface area contributed by atoms with E-state index in [0.717, 1.165) is 5.69 Å². The first-order valence-corrected chi connectivity index (χ1v) is 8.75. The molecule has 1 aliphatic heterocycles. The van der Waals surface area contributed by atoms with Crippen molar-refractivity contribution >= 4 is 5.91 Å². The van der Waals surface area contributed by atoms with Gasteiger partial charge in [-0.25, -0.2) is 9.67 Å². The fourth-order valence-corrected chi connectivity index (χ4v) is 2.82. The molecule has 0 unspecified atom stereocenters. The van der Waals surface area contributed by atoms with Gasteiger partial charge < -0.3 is 9.64 Å². The summed E-state index contributed by atoms with van der Waals surface area (Å²) >= 11 is 0. The summed E-state index contributed by atoms with van der Waals surface area (Å²) in [6.45, 7) is 5.51. The Labute approximate surface area is 155 Å². The Morgan fingerprint density at radius 1 is 1.26 bits per heavy atom. The van der Waals surface area contributed by atoms with E-state index in [1.165, 1.54) is 0 Å². The van der Waals surface area contributed by atoms with Crippen molar-refractivity contribution in [3.05, 3.63) is 48.2 Å². The van der Waals surface area contributed by atoms with Gasteiger partial charge in [-0.2, -0.15) is 15.0 Å². The molecule has 4 heterocycles. The van der Waals surface area contributed by atoms with Crippen LogP contribution in [-0.2, 0) is 6.54 Å². The highest BCUT2D eigenvalue weighted by Gasteiger charge is 2.33. The molecule has 0 atom stereocenters. The number of aromatic nitrogens is 7. The average molecular weight is 368 g/mol. The summed E-state index contributed by atoms with van der Waals surface area (Å²) in [5.41, 5.74) is 1.33. The Kier molecular flexibility index (Phi) is 4.53. The van der Waals surface area contributed by atoms with Gasteiger partial charge in [-0.15, -0.1) is 5.10 Å². The molecule has 140 valence electrons. The lowest BCUT2D eigenvalue weighted by atomic mass is 10.1. The lowest BCUT2D eigenvalue weighted by molar-refractivity contribution is 0.0498. The minimum absolute atomic E-state index is 0.0454. The van der Waals surface area contributed by atoms with Crippen molar-refractivity contribution < 1.29 is 9.53 Å². The summed E-state index contributed by atoms with van der Waals surface area (Å²) in [6, 6.07) is 3.58. The normalized spacial score (nSPS) is 14.4. The molecule has 10 nitrogen and oxygen atoms in total. The van der Waals surface area contributed by atoms with Crippen LogP contribution in [0.2, 0.25) is 0 Å². The zero-order valence-electron chi connectivity index (χ0n) is 15.1. The van der Waals surface area contributed by atoms with Crippen LogP contribution < -0.4 is 4.74 Å². The number of amides is 1. The van der Waals surface area contributed by atoms with Gasteiger partial charge in [-0.1, -0.05) is 5.21 Å². The third-order valence-electron chi connectivity index (χ3n) is 4.19. The van der Waals surface area contributed by atoms with Crippen LogP contribution in [0.15, 0.2) is 36.9 Å². The molecular formula is C17H20N8O2. The van der Waals surface area contributed by atoms with Gasteiger partial charge in [0.15, 0.2) is 0 Å². The zero-order valence-corrected chi connectivity index (χ0v) is 15.1. The number of hydrogen-bond donors (Lipinski definition) is 0. The largest absolute Gasteiger partial charge is 0.475 e. The van der Waals surface area contributed by atoms with E-state index in [2.05, 4.69) is 25.5 Å². The molecule has 0 bridgehead atoms. The van der Waals surface area contributed by atoms with Gasteiger partial charge in [0.25, 0.3) is 5.91 Å². The van der Waals surface area contributed by atoms with E-state index in [0.29, 0.717) is 31.1 Å². The SMILES string of the molecule is CC(C)Oc1ccc(C(=O)N2CC(n3cc(Cn4nccn4)nn3)C2)cn1. The highest BCUT2D eigenvalue weighted by atomic mass is 16.5. The molecule has 1 fully saturated rings. The molecule has 10 heteroatoms. The van der Waals surface area contributed by atoms with Crippen LogP contribution in [0.5, 0.6) is 5.88 Å². The van der Waals surface area contributed by atoms with E-state index in [1.807, 2.05) is 20.0 Å². The van der Waals surface area contributed by atoms with Crippen LogP contribution in [0.25, 0.3) is 0 Å². The summed E-state index contributed by atoms with van der Waals surface area (Å²) in [5.74, 6) is 0.473. The Hall–Kier alpha value is -3.30. The van der Waals surface area contributed by atoms with Crippen molar-refractivity contribution in [2.75, 3.05) is 13.1 Å². The van der Waals surface area contributed by atoms with Gasteiger partial charge in [0, 0.05) is 25.4 Å². The second-order valence-electron chi connectivity index (χ2n) is 6.67. The predicted molar refractivity (Wildman–Crippen MR) is 94.1 cm³/mol. The van der Waals surface area contributed by atoms with Crippen molar-refractivity contribution in [2.24, 2.45) is 0 Å². The van der Waals surface area contributed by atoms with Crippen molar-refractivity contribution in [3.63, 3.8) is 0 Å². The highest BCUT2D eigenvalue weighted by molar-refractivity contribution is 5.94. The van der Waals surface area contributed by atoms with Crippen molar-refractivity contribution in [1.29, 1.82) is 0 Å². The smallest absolute Gasteiger partial charge is 0.255 e. The van der Waals surface area contributed by atoms with E-state index in [1.54, 1.807) is 45.1 Å². The molecular weight excluding hydrogens is 348 g/mol. The van der Waals surface area contributed by atoms with Crippen LogP contribution in [0.1, 0.15) is 35.9 Å². The van der Waals surface area contributed by atoms with E-state index < -0.39 is 0 Å². The Bertz CT molecular complexity index is 897. The van der Waals surface area contributed by atoms with Crippen LogP contribution in [-0.4, -0.2) is 65.0 Å². The minimum atomic E-state index is -0.0454. The Balaban J connectivity index is 1.32. The first kappa shape index (κ1) is 17.1. The zero-order chi connectivity index (χ0) is 18.8. The number of rotatable bonds is 6. The molecule has 1 aliphatic rings. The van der Waals surface area contributed by atoms with Gasteiger partial charge >= 0.3 is 0 Å². The van der Waals surface area contributed by atoms with Gasteiger partial charge in [-0.05, 0) is 19.9 Å². The highest BCUT2D eigenvalue weighted by Crippen LogP contribution is 2.23. The van der Waals surface area contributed by atoms with Crippen molar-refractivity contribution in [3.8, 4) is 5.88 Å². The summed E-state index contributed by atoms with van der Waals surface area (Å²) in [4.78, 5) is 20.0. The van der Waals surface area contributed by atoms with Crippen molar-refractivity contribution in [1.82, 2.24) is 39.9 Å². The fourth-order valence-electron chi connectivity index (χ4n) is 2.82. The average Bonchev–Trinajstić information content (AvgIpc) is 3.26. The molecule has 1 amide bonds. The third kappa shape index (κ3) is 3.78. The molecule has 3 aromatic rings. The lowest BCUT2D eigenvalue weighted by Gasteiger charge is -2.38. The Morgan fingerprint density at radius 3 is 2.70 bits per heavy atom. The molecule has 0 N–H and O–H groups in total. The number of ether oxygens (including phenoxy) is 1. The van der Waals surface area contributed by atoms with Crippen LogP contribution in [0.3, 0.4) is 0 Å². The van der Waals surface area contributed by atoms with Crippen LogP contribution in [0, 0.1) is 0 Å². The van der Waals surface area contributed by atoms with E-state index in [9.17, 15) is 4.79 Å². The quantitative estimate of drug-likeness (QED) is 0.634. The number of hydrogen-bond acceptors (Lipinski definition) is 7. The molecule has 0 saturated carbocycles. The summed E-state index contributed by atoms with van der Waals surface area (Å²) < 4.78 is 7.29. The first-order chi connectivity index (χ1) is 13.1. The van der Waals surface area contributed by atoms with E-state index >= 15 is 0 Å². The maximum absolute atomic E-state index is 12.5. The third-order valence-corrected chi connectivity index (χ3v) is 4.19. The molecule has 27 heavy (non-hydrogen) atoms. The van der Waals surface area contributed by atoms with Gasteiger partial charge in [0.1, 0.15) is 12.2 Å². The number of pyridine rings is 1. The monoisotopic (exact) mass is 368 g/mol. The number of nitrogens with zero attached hydrogens (tertiary/aromatic N) is 8. The van der Waals surface area contributed by atoms with E-state index in [-0.39, 0.29) is 18.1 Å². The van der Waals surface area contributed by atoms with Crippen LogP contribution >= 0.6 is 0 Å². The standard InChI is InChI=1S/C17H20N8O2/c1-12(2)27-16-4-3-13(7-18-16)17(26)23-10-15(11-23)24-8-14(21-22-24)9-25-19-5-6-20-25/h3-8,12,15H,9-11H2,1-2H3. The van der Waals surface area contributed by atoms with Crippen LogP contribution in [0.4, 0.5) is 0 Å². The second kappa shape index (κ2) is 7.14. The van der Waals surface area contributed by atoms with Gasteiger partial charge in [0.05, 0.1) is 36.3 Å². The minimum Gasteiger partial charge on any atom is -0.475 e.